The second kappa shape index (κ2) is 5.88. The molecule has 0 aliphatic heterocycles. The van der Waals surface area contributed by atoms with Gasteiger partial charge in [0.2, 0.25) is 0 Å². The Morgan fingerprint density at radius 3 is 2.25 bits per heavy atom. The molecule has 0 saturated carbocycles. The molecule has 0 spiro atoms. The molecule has 5 nitrogen and oxygen atoms in total. The zero-order valence-corrected chi connectivity index (χ0v) is 10.9. The van der Waals surface area contributed by atoms with Crippen molar-refractivity contribution in [1.29, 1.82) is 0 Å². The molecule has 0 atom stereocenters. The second-order valence-electron chi connectivity index (χ2n) is 4.18. The highest BCUT2D eigenvalue weighted by Crippen LogP contribution is 2.20. The van der Waals surface area contributed by atoms with Crippen LogP contribution in [0.15, 0.2) is 54.6 Å². The van der Waals surface area contributed by atoms with E-state index in [4.69, 9.17) is 5.11 Å². The van der Waals surface area contributed by atoms with E-state index >= 15 is 0 Å². The number of benzene rings is 2. The number of hydrogen-bond donors (Lipinski definition) is 2. The van der Waals surface area contributed by atoms with Crippen LogP contribution in [-0.4, -0.2) is 24.2 Å². The van der Waals surface area contributed by atoms with Gasteiger partial charge < -0.3 is 10.4 Å². The number of carbonyl (C=O) groups is 2. The van der Waals surface area contributed by atoms with E-state index in [1.54, 1.807) is 42.5 Å². The smallest absolute Gasteiger partial charge is 0.337 e. The molecule has 2 aromatic rings. The maximum atomic E-state index is 12.1. The molecule has 0 radical (unpaired) electrons. The van der Waals surface area contributed by atoms with Crippen molar-refractivity contribution in [2.75, 3.05) is 17.3 Å². The topological polar surface area (TPSA) is 69.6 Å². The molecule has 0 aromatic heterocycles. The van der Waals surface area contributed by atoms with Crippen LogP contribution in [0.4, 0.5) is 16.2 Å². The first-order chi connectivity index (χ1) is 9.59. The highest BCUT2D eigenvalue weighted by molar-refractivity contribution is 6.05. The number of anilines is 2. The maximum absolute atomic E-state index is 12.1. The lowest BCUT2D eigenvalue weighted by molar-refractivity contribution is 0.0697. The summed E-state index contributed by atoms with van der Waals surface area (Å²) in [6, 6.07) is 14.9. The van der Waals surface area contributed by atoms with Crippen molar-refractivity contribution < 1.29 is 14.7 Å². The molecule has 0 bridgehead atoms. The van der Waals surface area contributed by atoms with Gasteiger partial charge in [0, 0.05) is 12.7 Å². The van der Waals surface area contributed by atoms with E-state index in [9.17, 15) is 9.59 Å². The van der Waals surface area contributed by atoms with Crippen molar-refractivity contribution in [2.24, 2.45) is 0 Å². The molecule has 0 aliphatic rings. The number of amides is 2. The maximum Gasteiger partial charge on any atom is 0.337 e. The number of nitrogens with one attached hydrogen (secondary N) is 1. The third kappa shape index (κ3) is 2.95. The summed E-state index contributed by atoms with van der Waals surface area (Å²) < 4.78 is 0. The predicted octanol–water partition coefficient (Wildman–Crippen LogP) is 3.05. The summed E-state index contributed by atoms with van der Waals surface area (Å²) in [6.07, 6.45) is 0. The SMILES string of the molecule is CN(C(=O)Nc1ccccc1)c1ccccc1C(=O)O. The molecule has 0 heterocycles. The van der Waals surface area contributed by atoms with Crippen LogP contribution in [0.2, 0.25) is 0 Å². The summed E-state index contributed by atoms with van der Waals surface area (Å²) in [5.41, 5.74) is 1.07. The fourth-order valence-electron chi connectivity index (χ4n) is 1.79. The van der Waals surface area contributed by atoms with Gasteiger partial charge >= 0.3 is 12.0 Å². The van der Waals surface area contributed by atoms with Crippen molar-refractivity contribution in [3.05, 3.63) is 60.2 Å². The first kappa shape index (κ1) is 13.6. The quantitative estimate of drug-likeness (QED) is 0.900. The van der Waals surface area contributed by atoms with Gasteiger partial charge in [-0.3, -0.25) is 4.90 Å². The Morgan fingerprint density at radius 1 is 1.00 bits per heavy atom. The Labute approximate surface area is 116 Å². The molecule has 2 aromatic carbocycles. The summed E-state index contributed by atoms with van der Waals surface area (Å²) in [5.74, 6) is -1.07. The number of carboxylic acid groups (broad SMARTS) is 1. The van der Waals surface area contributed by atoms with Crippen molar-refractivity contribution >= 4 is 23.4 Å². The lowest BCUT2D eigenvalue weighted by Crippen LogP contribution is -2.32. The van der Waals surface area contributed by atoms with Gasteiger partial charge in [0.1, 0.15) is 0 Å². The van der Waals surface area contributed by atoms with Crippen LogP contribution in [-0.2, 0) is 0 Å². The molecule has 102 valence electrons. The number of nitrogens with zero attached hydrogens (tertiary/aromatic N) is 1. The number of para-hydroxylation sites is 2. The number of urea groups is 1. The first-order valence-corrected chi connectivity index (χ1v) is 6.01. The molecule has 0 aliphatic carbocycles. The van der Waals surface area contributed by atoms with Crippen molar-refractivity contribution in [3.63, 3.8) is 0 Å². The Kier molecular flexibility index (Phi) is 4.00. The number of rotatable bonds is 3. The van der Waals surface area contributed by atoms with Crippen LogP contribution in [0, 0.1) is 0 Å². The van der Waals surface area contributed by atoms with E-state index in [1.807, 2.05) is 6.07 Å². The van der Waals surface area contributed by atoms with Gasteiger partial charge in [-0.1, -0.05) is 30.3 Å². The molecular formula is C15H14N2O3. The fraction of sp³-hybridized carbons (Fsp3) is 0.0667. The van der Waals surface area contributed by atoms with E-state index in [0.29, 0.717) is 11.4 Å². The Bertz CT molecular complexity index is 626. The van der Waals surface area contributed by atoms with Gasteiger partial charge in [-0.25, -0.2) is 9.59 Å². The number of carbonyl (C=O) groups excluding carboxylic acids is 1. The van der Waals surface area contributed by atoms with Gasteiger partial charge in [0.25, 0.3) is 0 Å². The first-order valence-electron chi connectivity index (χ1n) is 6.01. The predicted molar refractivity (Wildman–Crippen MR) is 77.3 cm³/mol. The molecule has 2 rings (SSSR count). The molecule has 2 N–H and O–H groups in total. The Morgan fingerprint density at radius 2 is 1.60 bits per heavy atom. The zero-order valence-electron chi connectivity index (χ0n) is 10.9. The van der Waals surface area contributed by atoms with Crippen LogP contribution in [0.5, 0.6) is 0 Å². The van der Waals surface area contributed by atoms with Gasteiger partial charge in [0.15, 0.2) is 0 Å². The van der Waals surface area contributed by atoms with Crippen LogP contribution in [0.25, 0.3) is 0 Å². The Balaban J connectivity index is 2.21. The van der Waals surface area contributed by atoms with E-state index in [2.05, 4.69) is 5.32 Å². The van der Waals surface area contributed by atoms with E-state index < -0.39 is 12.0 Å². The summed E-state index contributed by atoms with van der Waals surface area (Å²) >= 11 is 0. The largest absolute Gasteiger partial charge is 0.478 e. The molecule has 0 fully saturated rings. The number of aromatic carboxylic acids is 1. The summed E-state index contributed by atoms with van der Waals surface area (Å²) in [4.78, 5) is 24.5. The second-order valence-corrected chi connectivity index (χ2v) is 4.18. The third-order valence-electron chi connectivity index (χ3n) is 2.83. The summed E-state index contributed by atoms with van der Waals surface area (Å²) in [5, 5.41) is 11.8. The van der Waals surface area contributed by atoms with Crippen LogP contribution in [0.1, 0.15) is 10.4 Å². The number of carboxylic acids is 1. The minimum atomic E-state index is -1.07. The average Bonchev–Trinajstić information content (AvgIpc) is 2.47. The zero-order chi connectivity index (χ0) is 14.5. The minimum absolute atomic E-state index is 0.0817. The molecule has 0 unspecified atom stereocenters. The van der Waals surface area contributed by atoms with Crippen molar-refractivity contribution in [3.8, 4) is 0 Å². The summed E-state index contributed by atoms with van der Waals surface area (Å²) in [7, 11) is 1.53. The normalized spacial score (nSPS) is 9.85. The summed E-state index contributed by atoms with van der Waals surface area (Å²) in [6.45, 7) is 0. The van der Waals surface area contributed by atoms with Crippen molar-refractivity contribution in [1.82, 2.24) is 0 Å². The van der Waals surface area contributed by atoms with E-state index in [-0.39, 0.29) is 5.56 Å². The van der Waals surface area contributed by atoms with Gasteiger partial charge in [-0.15, -0.1) is 0 Å². The standard InChI is InChI=1S/C15H14N2O3/c1-17(13-10-6-5-9-12(13)14(18)19)15(20)16-11-7-3-2-4-8-11/h2-10H,1H3,(H,16,20)(H,18,19). The fourth-order valence-corrected chi connectivity index (χ4v) is 1.79. The van der Waals surface area contributed by atoms with Crippen LogP contribution in [0.3, 0.4) is 0 Å². The Hall–Kier alpha value is -2.82. The molecular weight excluding hydrogens is 256 g/mol. The highest BCUT2D eigenvalue weighted by atomic mass is 16.4. The lowest BCUT2D eigenvalue weighted by atomic mass is 10.1. The lowest BCUT2D eigenvalue weighted by Gasteiger charge is -2.19. The minimum Gasteiger partial charge on any atom is -0.478 e. The highest BCUT2D eigenvalue weighted by Gasteiger charge is 2.17. The average molecular weight is 270 g/mol. The van der Waals surface area contributed by atoms with Gasteiger partial charge in [-0.05, 0) is 24.3 Å². The van der Waals surface area contributed by atoms with Crippen LogP contribution < -0.4 is 10.2 Å². The van der Waals surface area contributed by atoms with Gasteiger partial charge in [-0.2, -0.15) is 0 Å². The third-order valence-corrected chi connectivity index (χ3v) is 2.83. The molecule has 2 amide bonds. The molecule has 0 saturated heterocycles. The molecule has 5 heteroatoms. The van der Waals surface area contributed by atoms with E-state index in [1.165, 1.54) is 18.0 Å². The van der Waals surface area contributed by atoms with E-state index in [0.717, 1.165) is 0 Å². The van der Waals surface area contributed by atoms with Crippen LogP contribution >= 0.6 is 0 Å². The van der Waals surface area contributed by atoms with Gasteiger partial charge in [0.05, 0.1) is 11.3 Å². The molecule has 20 heavy (non-hydrogen) atoms. The monoisotopic (exact) mass is 270 g/mol. The van der Waals surface area contributed by atoms with Crippen molar-refractivity contribution in [2.45, 2.75) is 0 Å². The number of hydrogen-bond acceptors (Lipinski definition) is 2.